The lowest BCUT2D eigenvalue weighted by Crippen LogP contribution is -2.39. The molecule has 5 heteroatoms. The van der Waals surface area contributed by atoms with Crippen molar-refractivity contribution in [1.82, 2.24) is 19.5 Å². The first kappa shape index (κ1) is 13.4. The van der Waals surface area contributed by atoms with Crippen LogP contribution in [0.4, 0.5) is 0 Å². The Bertz CT molecular complexity index is 593. The molecule has 3 heterocycles. The van der Waals surface area contributed by atoms with Crippen molar-refractivity contribution in [2.45, 2.75) is 38.6 Å². The predicted molar refractivity (Wildman–Crippen MR) is 78.2 cm³/mol. The Balaban J connectivity index is 1.90. The molecule has 20 heavy (non-hydrogen) atoms. The molecule has 1 unspecified atom stereocenters. The van der Waals surface area contributed by atoms with Gasteiger partial charge in [-0.05, 0) is 39.3 Å². The third-order valence-corrected chi connectivity index (χ3v) is 4.10. The third-order valence-electron chi connectivity index (χ3n) is 4.10. The summed E-state index contributed by atoms with van der Waals surface area (Å²) in [5, 5.41) is 4.65. The van der Waals surface area contributed by atoms with Crippen LogP contribution in [0.2, 0.25) is 0 Å². The second-order valence-electron chi connectivity index (χ2n) is 5.74. The SMILES string of the molecule is COc1cccc2nc(C3CCCN(C(C)C)C3)nn12. The summed E-state index contributed by atoms with van der Waals surface area (Å²) in [5.74, 6) is 2.10. The number of hydrogen-bond acceptors (Lipinski definition) is 4. The van der Waals surface area contributed by atoms with Crippen molar-refractivity contribution in [1.29, 1.82) is 0 Å². The van der Waals surface area contributed by atoms with Crippen LogP contribution in [-0.2, 0) is 0 Å². The van der Waals surface area contributed by atoms with Crippen molar-refractivity contribution in [3.8, 4) is 5.88 Å². The highest BCUT2D eigenvalue weighted by molar-refractivity contribution is 5.41. The molecule has 0 aromatic carbocycles. The molecule has 3 rings (SSSR count). The van der Waals surface area contributed by atoms with Gasteiger partial charge in [-0.15, -0.1) is 5.10 Å². The maximum absolute atomic E-state index is 5.34. The monoisotopic (exact) mass is 274 g/mol. The molecular formula is C15H22N4O. The summed E-state index contributed by atoms with van der Waals surface area (Å²) in [6.07, 6.45) is 2.39. The summed E-state index contributed by atoms with van der Waals surface area (Å²) >= 11 is 0. The van der Waals surface area contributed by atoms with E-state index in [1.165, 1.54) is 19.4 Å². The van der Waals surface area contributed by atoms with Crippen LogP contribution in [0.15, 0.2) is 18.2 Å². The maximum Gasteiger partial charge on any atom is 0.216 e. The number of piperidine rings is 1. The molecule has 2 aromatic rings. The number of aromatic nitrogens is 3. The minimum Gasteiger partial charge on any atom is -0.481 e. The number of rotatable bonds is 3. The van der Waals surface area contributed by atoms with Crippen molar-refractivity contribution < 1.29 is 4.74 Å². The van der Waals surface area contributed by atoms with Crippen LogP contribution in [0.5, 0.6) is 5.88 Å². The van der Waals surface area contributed by atoms with E-state index in [1.54, 1.807) is 11.6 Å². The molecule has 0 spiro atoms. The molecule has 2 aromatic heterocycles. The number of methoxy groups -OCH3 is 1. The number of ether oxygens (including phenoxy) is 1. The van der Waals surface area contributed by atoms with Crippen LogP contribution in [0.3, 0.4) is 0 Å². The molecule has 0 saturated carbocycles. The largest absolute Gasteiger partial charge is 0.481 e. The molecule has 1 aliphatic rings. The summed E-state index contributed by atoms with van der Waals surface area (Å²) in [5.41, 5.74) is 0.862. The average molecular weight is 274 g/mol. The Morgan fingerprint density at radius 3 is 2.95 bits per heavy atom. The molecule has 1 atom stereocenters. The lowest BCUT2D eigenvalue weighted by molar-refractivity contribution is 0.165. The fourth-order valence-electron chi connectivity index (χ4n) is 2.91. The zero-order valence-electron chi connectivity index (χ0n) is 12.4. The van der Waals surface area contributed by atoms with Gasteiger partial charge in [0.1, 0.15) is 0 Å². The molecule has 1 fully saturated rings. The number of likely N-dealkylation sites (tertiary alicyclic amines) is 1. The first-order chi connectivity index (χ1) is 9.69. The highest BCUT2D eigenvalue weighted by Crippen LogP contribution is 2.26. The Labute approximate surface area is 119 Å². The van der Waals surface area contributed by atoms with Gasteiger partial charge in [0, 0.05) is 24.6 Å². The standard InChI is InChI=1S/C15H22N4O/c1-11(2)18-9-5-6-12(10-18)15-16-13-7-4-8-14(20-3)19(13)17-15/h4,7-8,11-12H,5-6,9-10H2,1-3H3. The molecule has 1 saturated heterocycles. The van der Waals surface area contributed by atoms with Crippen molar-refractivity contribution in [2.75, 3.05) is 20.2 Å². The van der Waals surface area contributed by atoms with Gasteiger partial charge in [0.25, 0.3) is 0 Å². The lowest BCUT2D eigenvalue weighted by atomic mass is 9.96. The van der Waals surface area contributed by atoms with E-state index in [1.807, 2.05) is 18.2 Å². The predicted octanol–water partition coefficient (Wildman–Crippen LogP) is 2.33. The molecule has 5 nitrogen and oxygen atoms in total. The fraction of sp³-hybridized carbons (Fsp3) is 0.600. The molecule has 0 radical (unpaired) electrons. The van der Waals surface area contributed by atoms with E-state index in [0.29, 0.717) is 12.0 Å². The minimum atomic E-state index is 0.427. The molecule has 1 aliphatic heterocycles. The van der Waals surface area contributed by atoms with Crippen molar-refractivity contribution in [2.24, 2.45) is 0 Å². The van der Waals surface area contributed by atoms with E-state index in [4.69, 9.17) is 4.74 Å². The lowest BCUT2D eigenvalue weighted by Gasteiger charge is -2.34. The third kappa shape index (κ3) is 2.38. The topological polar surface area (TPSA) is 42.7 Å². The van der Waals surface area contributed by atoms with Crippen molar-refractivity contribution in [3.63, 3.8) is 0 Å². The first-order valence-corrected chi connectivity index (χ1v) is 7.32. The van der Waals surface area contributed by atoms with Gasteiger partial charge in [0.2, 0.25) is 5.88 Å². The van der Waals surface area contributed by atoms with Crippen molar-refractivity contribution in [3.05, 3.63) is 24.0 Å². The first-order valence-electron chi connectivity index (χ1n) is 7.32. The summed E-state index contributed by atoms with van der Waals surface area (Å²) in [6, 6.07) is 6.42. The van der Waals surface area contributed by atoms with Crippen LogP contribution < -0.4 is 4.74 Å². The van der Waals surface area contributed by atoms with E-state index in [-0.39, 0.29) is 0 Å². The van der Waals surface area contributed by atoms with Crippen LogP contribution in [0.25, 0.3) is 5.65 Å². The zero-order chi connectivity index (χ0) is 14.1. The summed E-state index contributed by atoms with van der Waals surface area (Å²) in [7, 11) is 1.66. The van der Waals surface area contributed by atoms with Gasteiger partial charge in [-0.1, -0.05) is 6.07 Å². The van der Waals surface area contributed by atoms with Gasteiger partial charge in [-0.2, -0.15) is 4.52 Å². The van der Waals surface area contributed by atoms with E-state index < -0.39 is 0 Å². The molecule has 0 N–H and O–H groups in total. The maximum atomic E-state index is 5.34. The smallest absolute Gasteiger partial charge is 0.216 e. The number of pyridine rings is 1. The molecule has 108 valence electrons. The Hall–Kier alpha value is -1.62. The fourth-order valence-corrected chi connectivity index (χ4v) is 2.91. The number of nitrogens with zero attached hydrogens (tertiary/aromatic N) is 4. The quantitative estimate of drug-likeness (QED) is 0.861. The molecular weight excluding hydrogens is 252 g/mol. The Morgan fingerprint density at radius 2 is 2.20 bits per heavy atom. The average Bonchev–Trinajstić information content (AvgIpc) is 2.91. The van der Waals surface area contributed by atoms with E-state index in [9.17, 15) is 0 Å². The number of hydrogen-bond donors (Lipinski definition) is 0. The van der Waals surface area contributed by atoms with Gasteiger partial charge in [-0.3, -0.25) is 0 Å². The zero-order valence-corrected chi connectivity index (χ0v) is 12.4. The second kappa shape index (κ2) is 5.40. The molecule has 0 amide bonds. The number of fused-ring (bicyclic) bond motifs is 1. The molecule has 0 bridgehead atoms. The molecule has 0 aliphatic carbocycles. The van der Waals surface area contributed by atoms with Gasteiger partial charge in [0.15, 0.2) is 11.5 Å². The summed E-state index contributed by atoms with van der Waals surface area (Å²) < 4.78 is 7.13. The van der Waals surface area contributed by atoms with Crippen LogP contribution in [0, 0.1) is 0 Å². The summed E-state index contributed by atoms with van der Waals surface area (Å²) in [4.78, 5) is 7.19. The van der Waals surface area contributed by atoms with Gasteiger partial charge in [-0.25, -0.2) is 4.98 Å². The van der Waals surface area contributed by atoms with Gasteiger partial charge < -0.3 is 9.64 Å². The van der Waals surface area contributed by atoms with Gasteiger partial charge >= 0.3 is 0 Å². The van der Waals surface area contributed by atoms with E-state index >= 15 is 0 Å². The van der Waals surface area contributed by atoms with E-state index in [2.05, 4.69) is 28.8 Å². The highest BCUT2D eigenvalue weighted by Gasteiger charge is 2.26. The van der Waals surface area contributed by atoms with Crippen LogP contribution in [-0.4, -0.2) is 45.7 Å². The normalized spacial score (nSPS) is 20.7. The van der Waals surface area contributed by atoms with Gasteiger partial charge in [0.05, 0.1) is 7.11 Å². The highest BCUT2D eigenvalue weighted by atomic mass is 16.5. The van der Waals surface area contributed by atoms with Crippen LogP contribution >= 0.6 is 0 Å². The Kier molecular flexibility index (Phi) is 3.61. The van der Waals surface area contributed by atoms with E-state index in [0.717, 1.165) is 23.9 Å². The summed E-state index contributed by atoms with van der Waals surface area (Å²) in [6.45, 7) is 6.74. The van der Waals surface area contributed by atoms with Crippen molar-refractivity contribution >= 4 is 5.65 Å². The van der Waals surface area contributed by atoms with Crippen LogP contribution in [0.1, 0.15) is 38.4 Å². The second-order valence-corrected chi connectivity index (χ2v) is 5.74. The Morgan fingerprint density at radius 1 is 1.35 bits per heavy atom. The minimum absolute atomic E-state index is 0.427.